The number of halogens is 1. The third-order valence-electron chi connectivity index (χ3n) is 1.68. The van der Waals surface area contributed by atoms with Crippen molar-refractivity contribution in [1.29, 1.82) is 0 Å². The first-order chi connectivity index (χ1) is 7.84. The number of hydrogen-bond donors (Lipinski definition) is 0. The van der Waals surface area contributed by atoms with Crippen LogP contribution in [-0.4, -0.2) is 4.98 Å². The van der Waals surface area contributed by atoms with Gasteiger partial charge in [0.25, 0.3) is 0 Å². The summed E-state index contributed by atoms with van der Waals surface area (Å²) < 4.78 is 18.2. The molecule has 2 aromatic rings. The summed E-state index contributed by atoms with van der Waals surface area (Å²) in [5.74, 6) is 0.818. The second kappa shape index (κ2) is 6.56. The first-order valence-electron chi connectivity index (χ1n) is 5.18. The van der Waals surface area contributed by atoms with Crippen molar-refractivity contribution < 1.29 is 9.13 Å². The Balaban J connectivity index is 0.000000606. The lowest BCUT2D eigenvalue weighted by Gasteiger charge is -2.04. The van der Waals surface area contributed by atoms with Crippen molar-refractivity contribution in [3.05, 3.63) is 54.6 Å². The van der Waals surface area contributed by atoms with E-state index in [0.29, 0.717) is 11.5 Å². The normalized spacial score (nSPS) is 8.94. The van der Waals surface area contributed by atoms with Crippen LogP contribution in [0.3, 0.4) is 0 Å². The molecule has 3 heteroatoms. The summed E-state index contributed by atoms with van der Waals surface area (Å²) in [6, 6.07) is 9.44. The molecule has 0 unspecified atom stereocenters. The highest BCUT2D eigenvalue weighted by Gasteiger charge is 1.97. The minimum absolute atomic E-state index is 0.309. The van der Waals surface area contributed by atoms with Crippen molar-refractivity contribution in [2.75, 3.05) is 0 Å². The minimum atomic E-state index is -0.309. The van der Waals surface area contributed by atoms with E-state index in [1.54, 1.807) is 36.7 Å². The van der Waals surface area contributed by atoms with Crippen molar-refractivity contribution >= 4 is 0 Å². The van der Waals surface area contributed by atoms with Crippen LogP contribution in [0.1, 0.15) is 13.8 Å². The monoisotopic (exact) mass is 219 g/mol. The van der Waals surface area contributed by atoms with Crippen molar-refractivity contribution in [3.8, 4) is 11.5 Å². The summed E-state index contributed by atoms with van der Waals surface area (Å²) in [6.07, 6.45) is 3.24. The molecule has 0 aliphatic rings. The average molecular weight is 219 g/mol. The second-order valence-corrected chi connectivity index (χ2v) is 2.74. The highest BCUT2D eigenvalue weighted by Crippen LogP contribution is 2.20. The molecule has 2 rings (SSSR count). The van der Waals surface area contributed by atoms with Gasteiger partial charge in [0.1, 0.15) is 17.3 Å². The third kappa shape index (κ3) is 3.69. The number of nitrogens with zero attached hydrogens (tertiary/aromatic N) is 1. The van der Waals surface area contributed by atoms with Crippen LogP contribution in [0.25, 0.3) is 0 Å². The summed E-state index contributed by atoms with van der Waals surface area (Å²) in [6.45, 7) is 4.00. The van der Waals surface area contributed by atoms with Crippen LogP contribution in [-0.2, 0) is 0 Å². The van der Waals surface area contributed by atoms with Crippen LogP contribution in [0.2, 0.25) is 0 Å². The minimum Gasteiger partial charge on any atom is -0.457 e. The van der Waals surface area contributed by atoms with Crippen molar-refractivity contribution in [2.45, 2.75) is 13.8 Å². The van der Waals surface area contributed by atoms with Gasteiger partial charge in [0.15, 0.2) is 0 Å². The van der Waals surface area contributed by atoms with Crippen molar-refractivity contribution in [1.82, 2.24) is 4.98 Å². The molecule has 0 aliphatic heterocycles. The molecule has 0 saturated heterocycles. The molecule has 0 bridgehead atoms. The van der Waals surface area contributed by atoms with Crippen molar-refractivity contribution in [3.63, 3.8) is 0 Å². The number of hydrogen-bond acceptors (Lipinski definition) is 2. The number of pyridine rings is 1. The van der Waals surface area contributed by atoms with E-state index >= 15 is 0 Å². The molecule has 1 aromatic heterocycles. The van der Waals surface area contributed by atoms with Gasteiger partial charge in [0, 0.05) is 18.5 Å². The largest absolute Gasteiger partial charge is 0.457 e. The molecule has 0 spiro atoms. The van der Waals surface area contributed by atoms with Crippen LogP contribution >= 0.6 is 0 Å². The van der Waals surface area contributed by atoms with Gasteiger partial charge in [-0.25, -0.2) is 4.39 Å². The number of benzene rings is 1. The zero-order chi connectivity index (χ0) is 11.8. The van der Waals surface area contributed by atoms with Gasteiger partial charge in [-0.15, -0.1) is 0 Å². The van der Waals surface area contributed by atoms with Crippen LogP contribution < -0.4 is 4.74 Å². The van der Waals surface area contributed by atoms with Gasteiger partial charge in [-0.05, 0) is 24.3 Å². The fourth-order valence-corrected chi connectivity index (χ4v) is 1.07. The van der Waals surface area contributed by atoms with Crippen LogP contribution in [0, 0.1) is 5.82 Å². The summed E-state index contributed by atoms with van der Waals surface area (Å²) in [5, 5.41) is 0. The Morgan fingerprint density at radius 2 is 1.69 bits per heavy atom. The maximum Gasteiger partial charge on any atom is 0.130 e. The fraction of sp³-hybridized carbons (Fsp3) is 0.154. The number of aromatic nitrogens is 1. The second-order valence-electron chi connectivity index (χ2n) is 2.74. The van der Waals surface area contributed by atoms with E-state index in [-0.39, 0.29) is 5.82 Å². The van der Waals surface area contributed by atoms with Crippen LogP contribution in [0.5, 0.6) is 11.5 Å². The van der Waals surface area contributed by atoms with E-state index < -0.39 is 0 Å². The lowest BCUT2D eigenvalue weighted by Crippen LogP contribution is -1.84. The van der Waals surface area contributed by atoms with Gasteiger partial charge in [-0.2, -0.15) is 0 Å². The lowest BCUT2D eigenvalue weighted by molar-refractivity contribution is 0.476. The molecule has 1 aromatic carbocycles. The van der Waals surface area contributed by atoms with Gasteiger partial charge < -0.3 is 4.74 Å². The van der Waals surface area contributed by atoms with E-state index in [9.17, 15) is 4.39 Å². The van der Waals surface area contributed by atoms with E-state index in [0.717, 1.165) is 0 Å². The third-order valence-corrected chi connectivity index (χ3v) is 1.68. The number of ether oxygens (including phenoxy) is 1. The van der Waals surface area contributed by atoms with E-state index in [4.69, 9.17) is 4.74 Å². The number of rotatable bonds is 2. The smallest absolute Gasteiger partial charge is 0.130 e. The predicted molar refractivity (Wildman–Crippen MR) is 62.1 cm³/mol. The Morgan fingerprint density at radius 3 is 2.31 bits per heavy atom. The maximum absolute atomic E-state index is 12.8. The lowest BCUT2D eigenvalue weighted by atomic mass is 10.3. The first kappa shape index (κ1) is 12.2. The molecule has 0 fully saturated rings. The molecule has 0 radical (unpaired) electrons. The van der Waals surface area contributed by atoms with Gasteiger partial charge in [0.2, 0.25) is 0 Å². The quantitative estimate of drug-likeness (QED) is 0.760. The zero-order valence-corrected chi connectivity index (χ0v) is 9.35. The molecule has 84 valence electrons. The summed E-state index contributed by atoms with van der Waals surface area (Å²) >= 11 is 0. The molecular formula is C13H14FNO. The zero-order valence-electron chi connectivity index (χ0n) is 9.35. The Labute approximate surface area is 94.7 Å². The Kier molecular flexibility index (Phi) is 4.99. The molecule has 0 saturated carbocycles. The van der Waals surface area contributed by atoms with Crippen molar-refractivity contribution in [2.24, 2.45) is 0 Å². The standard InChI is InChI=1S/C11H8FNO.C2H6/c12-9-2-1-3-11(8-9)14-10-4-6-13-7-5-10;1-2/h1-8H;1-2H3. The highest BCUT2D eigenvalue weighted by molar-refractivity contribution is 5.29. The average Bonchev–Trinajstić information content (AvgIpc) is 2.33. The fourth-order valence-electron chi connectivity index (χ4n) is 1.07. The van der Waals surface area contributed by atoms with Gasteiger partial charge in [0.05, 0.1) is 0 Å². The SMILES string of the molecule is CC.Fc1cccc(Oc2ccncc2)c1. The molecule has 16 heavy (non-hydrogen) atoms. The van der Waals surface area contributed by atoms with Crippen LogP contribution in [0.4, 0.5) is 4.39 Å². The summed E-state index contributed by atoms with van der Waals surface area (Å²) in [5.41, 5.74) is 0. The molecule has 0 aliphatic carbocycles. The molecule has 0 atom stereocenters. The summed E-state index contributed by atoms with van der Waals surface area (Å²) in [4.78, 5) is 3.85. The van der Waals surface area contributed by atoms with Gasteiger partial charge in [-0.3, -0.25) is 4.98 Å². The Hall–Kier alpha value is -1.90. The molecule has 1 heterocycles. The first-order valence-corrected chi connectivity index (χ1v) is 5.18. The molecule has 0 amide bonds. The van der Waals surface area contributed by atoms with E-state index in [1.165, 1.54) is 12.1 Å². The molecule has 0 N–H and O–H groups in total. The van der Waals surface area contributed by atoms with Gasteiger partial charge in [-0.1, -0.05) is 19.9 Å². The molecule has 2 nitrogen and oxygen atoms in total. The Morgan fingerprint density at radius 1 is 1.00 bits per heavy atom. The Bertz CT molecular complexity index is 417. The van der Waals surface area contributed by atoms with E-state index in [1.807, 2.05) is 13.8 Å². The highest BCUT2D eigenvalue weighted by atomic mass is 19.1. The van der Waals surface area contributed by atoms with Crippen LogP contribution in [0.15, 0.2) is 48.8 Å². The maximum atomic E-state index is 12.8. The predicted octanol–water partition coefficient (Wildman–Crippen LogP) is 4.04. The topological polar surface area (TPSA) is 22.1 Å². The summed E-state index contributed by atoms with van der Waals surface area (Å²) in [7, 11) is 0. The molecular weight excluding hydrogens is 205 g/mol. The van der Waals surface area contributed by atoms with E-state index in [2.05, 4.69) is 4.98 Å². The van der Waals surface area contributed by atoms with Gasteiger partial charge >= 0.3 is 0 Å².